The number of carbonyl (C=O) groups excluding carboxylic acids is 1. The van der Waals surface area contributed by atoms with Crippen molar-refractivity contribution in [2.24, 2.45) is 0 Å². The van der Waals surface area contributed by atoms with E-state index >= 15 is 0 Å². The van der Waals surface area contributed by atoms with Gasteiger partial charge in [0, 0.05) is 11.6 Å². The Morgan fingerprint density at radius 2 is 1.64 bits per heavy atom. The predicted molar refractivity (Wildman–Crippen MR) is 130 cm³/mol. The van der Waals surface area contributed by atoms with Crippen molar-refractivity contribution in [3.05, 3.63) is 81.5 Å². The maximum absolute atomic E-state index is 13.0. The molecule has 1 aliphatic rings. The Morgan fingerprint density at radius 3 is 2.24 bits per heavy atom. The summed E-state index contributed by atoms with van der Waals surface area (Å²) in [6.07, 6.45) is 1.56. The SMILES string of the molecule is Cc1ccc(N2C(=O)/C(=C\c3ccc(-c4cc(C(=O)O)cc(C(=O)O)c4)o3)SC2=S)cc1C. The zero-order valence-electron chi connectivity index (χ0n) is 17.5. The number of nitrogens with zero attached hydrogens (tertiary/aromatic N) is 1. The molecule has 166 valence electrons. The molecule has 33 heavy (non-hydrogen) atoms. The predicted octanol–water partition coefficient (Wildman–Crippen LogP) is 5.37. The Labute approximate surface area is 198 Å². The Kier molecular flexibility index (Phi) is 5.92. The van der Waals surface area contributed by atoms with Crippen molar-refractivity contribution in [3.8, 4) is 11.3 Å². The summed E-state index contributed by atoms with van der Waals surface area (Å²) >= 11 is 6.57. The highest BCUT2D eigenvalue weighted by Gasteiger charge is 2.33. The van der Waals surface area contributed by atoms with Gasteiger partial charge in [0.25, 0.3) is 5.91 Å². The molecule has 0 spiro atoms. The van der Waals surface area contributed by atoms with Crippen LogP contribution in [-0.4, -0.2) is 32.4 Å². The van der Waals surface area contributed by atoms with Gasteiger partial charge in [-0.1, -0.05) is 30.0 Å². The van der Waals surface area contributed by atoms with E-state index in [9.17, 15) is 24.6 Å². The number of aromatic carboxylic acids is 2. The van der Waals surface area contributed by atoms with E-state index in [1.165, 1.54) is 17.0 Å². The highest BCUT2D eigenvalue weighted by atomic mass is 32.2. The summed E-state index contributed by atoms with van der Waals surface area (Å²) in [4.78, 5) is 37.6. The van der Waals surface area contributed by atoms with Crippen molar-refractivity contribution >= 4 is 57.9 Å². The molecule has 0 saturated carbocycles. The zero-order chi connectivity index (χ0) is 23.9. The van der Waals surface area contributed by atoms with E-state index in [-0.39, 0.29) is 22.8 Å². The summed E-state index contributed by atoms with van der Waals surface area (Å²) in [5, 5.41) is 18.5. The molecule has 0 atom stereocenters. The van der Waals surface area contributed by atoms with Crippen LogP contribution in [0.5, 0.6) is 0 Å². The van der Waals surface area contributed by atoms with Crippen LogP contribution in [0.4, 0.5) is 5.69 Å². The van der Waals surface area contributed by atoms with E-state index in [0.717, 1.165) is 29.0 Å². The first-order valence-electron chi connectivity index (χ1n) is 9.71. The number of thioether (sulfide) groups is 1. The van der Waals surface area contributed by atoms with Gasteiger partial charge in [-0.3, -0.25) is 9.69 Å². The van der Waals surface area contributed by atoms with Crippen LogP contribution in [0.2, 0.25) is 0 Å². The molecule has 1 amide bonds. The number of hydrogen-bond acceptors (Lipinski definition) is 6. The molecule has 2 N–H and O–H groups in total. The Bertz CT molecular complexity index is 1340. The van der Waals surface area contributed by atoms with Crippen LogP contribution in [0, 0.1) is 13.8 Å². The normalized spacial score (nSPS) is 14.8. The molecule has 2 aromatic carbocycles. The van der Waals surface area contributed by atoms with Gasteiger partial charge in [0.2, 0.25) is 0 Å². The largest absolute Gasteiger partial charge is 0.478 e. The maximum Gasteiger partial charge on any atom is 0.335 e. The third-order valence-corrected chi connectivity index (χ3v) is 6.46. The lowest BCUT2D eigenvalue weighted by molar-refractivity contribution is -0.113. The van der Waals surface area contributed by atoms with Crippen LogP contribution in [0.15, 0.2) is 57.9 Å². The standard InChI is InChI=1S/C24H17NO6S2/c1-12-3-4-17(7-13(12)2)25-21(26)20(33-24(25)32)11-18-5-6-19(31-18)14-8-15(22(27)28)10-16(9-14)23(29)30/h3-11H,1-2H3,(H,27,28)(H,29,30)/b20-11+. The summed E-state index contributed by atoms with van der Waals surface area (Å²) < 4.78 is 6.18. The number of aryl methyl sites for hydroxylation is 2. The molecule has 1 aromatic heterocycles. The summed E-state index contributed by atoms with van der Waals surface area (Å²) in [7, 11) is 0. The van der Waals surface area contributed by atoms with Crippen LogP contribution in [0.25, 0.3) is 17.4 Å². The summed E-state index contributed by atoms with van der Waals surface area (Å²) in [6, 6.07) is 12.6. The number of benzene rings is 2. The first kappa shape index (κ1) is 22.5. The second kappa shape index (κ2) is 8.68. The number of furan rings is 1. The van der Waals surface area contributed by atoms with Gasteiger partial charge in [-0.2, -0.15) is 0 Å². The fraction of sp³-hybridized carbons (Fsp3) is 0.0833. The second-order valence-electron chi connectivity index (χ2n) is 7.40. The molecule has 3 aromatic rings. The molecule has 1 aliphatic heterocycles. The highest BCUT2D eigenvalue weighted by molar-refractivity contribution is 8.27. The van der Waals surface area contributed by atoms with Crippen molar-refractivity contribution in [3.63, 3.8) is 0 Å². The van der Waals surface area contributed by atoms with E-state index in [1.807, 2.05) is 32.0 Å². The lowest BCUT2D eigenvalue weighted by Crippen LogP contribution is -2.27. The maximum atomic E-state index is 13.0. The highest BCUT2D eigenvalue weighted by Crippen LogP contribution is 2.37. The van der Waals surface area contributed by atoms with Crippen LogP contribution >= 0.6 is 24.0 Å². The number of carboxylic acids is 2. The van der Waals surface area contributed by atoms with Gasteiger partial charge in [0.05, 0.1) is 21.7 Å². The molecule has 4 rings (SSSR count). The zero-order valence-corrected chi connectivity index (χ0v) is 19.1. The minimum atomic E-state index is -1.25. The van der Waals surface area contributed by atoms with E-state index in [0.29, 0.717) is 26.2 Å². The van der Waals surface area contributed by atoms with Crippen molar-refractivity contribution < 1.29 is 29.0 Å². The number of rotatable bonds is 5. The molecule has 1 fully saturated rings. The third-order valence-electron chi connectivity index (χ3n) is 5.15. The van der Waals surface area contributed by atoms with Gasteiger partial charge in [-0.25, -0.2) is 9.59 Å². The van der Waals surface area contributed by atoms with E-state index in [1.54, 1.807) is 18.2 Å². The minimum absolute atomic E-state index is 0.169. The van der Waals surface area contributed by atoms with E-state index in [2.05, 4.69) is 0 Å². The average molecular weight is 480 g/mol. The lowest BCUT2D eigenvalue weighted by atomic mass is 10.0. The number of anilines is 1. The lowest BCUT2D eigenvalue weighted by Gasteiger charge is -2.15. The quantitative estimate of drug-likeness (QED) is 0.372. The number of carbonyl (C=O) groups is 3. The Balaban J connectivity index is 1.65. The molecule has 0 unspecified atom stereocenters. The van der Waals surface area contributed by atoms with Crippen molar-refractivity contribution in [2.45, 2.75) is 13.8 Å². The minimum Gasteiger partial charge on any atom is -0.478 e. The van der Waals surface area contributed by atoms with Crippen LogP contribution in [0.1, 0.15) is 37.6 Å². The van der Waals surface area contributed by atoms with Crippen molar-refractivity contribution in [1.29, 1.82) is 0 Å². The number of hydrogen-bond donors (Lipinski definition) is 2. The summed E-state index contributed by atoms with van der Waals surface area (Å²) in [5.41, 5.74) is 2.81. The van der Waals surface area contributed by atoms with Crippen molar-refractivity contribution in [2.75, 3.05) is 4.90 Å². The number of thiocarbonyl (C=S) groups is 1. The van der Waals surface area contributed by atoms with Crippen LogP contribution in [0.3, 0.4) is 0 Å². The molecule has 0 bridgehead atoms. The third kappa shape index (κ3) is 4.46. The number of carboxylic acid groups (broad SMARTS) is 2. The molecule has 1 saturated heterocycles. The van der Waals surface area contributed by atoms with Crippen molar-refractivity contribution in [1.82, 2.24) is 0 Å². The van der Waals surface area contributed by atoms with Crippen LogP contribution in [-0.2, 0) is 4.79 Å². The van der Waals surface area contributed by atoms with Gasteiger partial charge in [-0.05, 0) is 67.4 Å². The fourth-order valence-electron chi connectivity index (χ4n) is 3.29. The van der Waals surface area contributed by atoms with E-state index in [4.69, 9.17) is 16.6 Å². The Morgan fingerprint density at radius 1 is 0.970 bits per heavy atom. The van der Waals surface area contributed by atoms with Gasteiger partial charge in [0.15, 0.2) is 4.32 Å². The second-order valence-corrected chi connectivity index (χ2v) is 9.07. The van der Waals surface area contributed by atoms with E-state index < -0.39 is 11.9 Å². The monoisotopic (exact) mass is 479 g/mol. The number of amides is 1. The van der Waals surface area contributed by atoms with Crippen LogP contribution < -0.4 is 4.90 Å². The summed E-state index contributed by atoms with van der Waals surface area (Å²) in [6.45, 7) is 3.95. The molecule has 0 aliphatic carbocycles. The van der Waals surface area contributed by atoms with Gasteiger partial charge in [0.1, 0.15) is 11.5 Å². The first-order chi connectivity index (χ1) is 15.6. The molecule has 2 heterocycles. The topological polar surface area (TPSA) is 108 Å². The van der Waals surface area contributed by atoms with Gasteiger partial charge in [-0.15, -0.1) is 0 Å². The van der Waals surface area contributed by atoms with Gasteiger partial charge >= 0.3 is 11.9 Å². The Hall–Kier alpha value is -3.69. The summed E-state index contributed by atoms with van der Waals surface area (Å²) in [5.74, 6) is -2.14. The molecule has 7 nitrogen and oxygen atoms in total. The smallest absolute Gasteiger partial charge is 0.335 e. The fourth-order valence-corrected chi connectivity index (χ4v) is 4.57. The molecule has 9 heteroatoms. The van der Waals surface area contributed by atoms with Gasteiger partial charge < -0.3 is 14.6 Å². The molecular weight excluding hydrogens is 462 g/mol. The molecular formula is C24H17NO6S2. The molecule has 0 radical (unpaired) electrons. The average Bonchev–Trinajstić information content (AvgIpc) is 3.34. The first-order valence-corrected chi connectivity index (χ1v) is 10.9.